The van der Waals surface area contributed by atoms with Crippen LogP contribution in [0.25, 0.3) is 5.78 Å². The molecule has 0 bridgehead atoms. The van der Waals surface area contributed by atoms with E-state index in [-0.39, 0.29) is 0 Å². The second-order valence-electron chi connectivity index (χ2n) is 7.04. The fraction of sp³-hybridized carbons (Fsp3) is 0.588. The van der Waals surface area contributed by atoms with Gasteiger partial charge in [0, 0.05) is 36.8 Å². The number of fused-ring (bicyclic) bond motifs is 1. The van der Waals surface area contributed by atoms with Gasteiger partial charge >= 0.3 is 0 Å². The van der Waals surface area contributed by atoms with Gasteiger partial charge in [0.15, 0.2) is 0 Å². The van der Waals surface area contributed by atoms with Crippen LogP contribution in [-0.4, -0.2) is 47.4 Å². The summed E-state index contributed by atoms with van der Waals surface area (Å²) in [7, 11) is 0. The van der Waals surface area contributed by atoms with Crippen molar-refractivity contribution in [1.82, 2.24) is 34.3 Å². The summed E-state index contributed by atoms with van der Waals surface area (Å²) in [4.78, 5) is 11.3. The fourth-order valence-corrected chi connectivity index (χ4v) is 3.82. The Balaban J connectivity index is 1.48. The molecule has 25 heavy (non-hydrogen) atoms. The van der Waals surface area contributed by atoms with Crippen molar-refractivity contribution in [3.63, 3.8) is 0 Å². The Labute approximate surface area is 145 Å². The van der Waals surface area contributed by atoms with E-state index in [0.29, 0.717) is 17.7 Å². The maximum absolute atomic E-state index is 4.56. The van der Waals surface area contributed by atoms with Crippen LogP contribution in [0.15, 0.2) is 18.7 Å². The molecular formula is C17H22N8. The molecule has 0 aromatic carbocycles. The van der Waals surface area contributed by atoms with E-state index in [1.54, 1.807) is 6.33 Å². The molecule has 1 atom stereocenters. The maximum atomic E-state index is 4.56. The van der Waals surface area contributed by atoms with Crippen LogP contribution in [0.1, 0.15) is 56.1 Å². The van der Waals surface area contributed by atoms with Gasteiger partial charge in [0.25, 0.3) is 5.78 Å². The van der Waals surface area contributed by atoms with Crippen molar-refractivity contribution < 1.29 is 0 Å². The predicted octanol–water partition coefficient (Wildman–Crippen LogP) is 2.00. The van der Waals surface area contributed by atoms with Crippen LogP contribution in [0.4, 0.5) is 5.82 Å². The summed E-state index contributed by atoms with van der Waals surface area (Å²) in [5.74, 6) is 3.32. The molecule has 5 rings (SSSR count). The topological polar surface area (TPSA) is 77.0 Å². The molecule has 3 aromatic heterocycles. The zero-order chi connectivity index (χ0) is 16.8. The van der Waals surface area contributed by atoms with Gasteiger partial charge in [0.05, 0.1) is 0 Å². The van der Waals surface area contributed by atoms with Crippen molar-refractivity contribution in [3.05, 3.63) is 30.2 Å². The van der Waals surface area contributed by atoms with Gasteiger partial charge in [0.1, 0.15) is 24.3 Å². The summed E-state index contributed by atoms with van der Waals surface area (Å²) in [6, 6.07) is 2.77. The lowest BCUT2D eigenvalue weighted by Gasteiger charge is -2.34. The lowest BCUT2D eigenvalue weighted by molar-refractivity contribution is 0.467. The van der Waals surface area contributed by atoms with E-state index in [1.165, 1.54) is 12.8 Å². The Morgan fingerprint density at radius 1 is 1.24 bits per heavy atom. The van der Waals surface area contributed by atoms with Crippen molar-refractivity contribution in [1.29, 1.82) is 0 Å². The summed E-state index contributed by atoms with van der Waals surface area (Å²) < 4.78 is 4.15. The Morgan fingerprint density at radius 3 is 3.00 bits per heavy atom. The third kappa shape index (κ3) is 2.56. The molecule has 1 aliphatic carbocycles. The standard InChI is InChI=1S/C17H22N8/c1-2-13-8-15(25-17(21-13)18-10-20-25)23-7-3-4-12(9-23)16-22-19-11-24(16)14-5-6-14/h8,10-12,14H,2-7,9H2,1H3. The molecule has 4 heterocycles. The second-order valence-corrected chi connectivity index (χ2v) is 7.04. The number of nitrogens with zero attached hydrogens (tertiary/aromatic N) is 8. The molecule has 1 saturated carbocycles. The molecule has 3 aromatic rings. The van der Waals surface area contributed by atoms with Gasteiger partial charge in [0.2, 0.25) is 0 Å². The first-order valence-corrected chi connectivity index (χ1v) is 9.17. The van der Waals surface area contributed by atoms with Gasteiger partial charge in [-0.2, -0.15) is 14.6 Å². The number of rotatable bonds is 4. The smallest absolute Gasteiger partial charge is 0.254 e. The number of piperidine rings is 1. The summed E-state index contributed by atoms with van der Waals surface area (Å²) in [5, 5.41) is 13.0. The Bertz CT molecular complexity index is 893. The lowest BCUT2D eigenvalue weighted by Crippen LogP contribution is -2.36. The summed E-state index contributed by atoms with van der Waals surface area (Å²) in [5.41, 5.74) is 1.05. The molecule has 8 heteroatoms. The number of aryl methyl sites for hydroxylation is 1. The molecule has 0 radical (unpaired) electrons. The van der Waals surface area contributed by atoms with Crippen LogP contribution in [0.5, 0.6) is 0 Å². The molecule has 0 amide bonds. The molecule has 8 nitrogen and oxygen atoms in total. The molecular weight excluding hydrogens is 316 g/mol. The SMILES string of the molecule is CCc1cc(N2CCCC(c3nncn3C3CC3)C2)n2ncnc2n1. The molecule has 0 spiro atoms. The van der Waals surface area contributed by atoms with E-state index in [9.17, 15) is 0 Å². The molecule has 0 N–H and O–H groups in total. The van der Waals surface area contributed by atoms with Crippen LogP contribution in [-0.2, 0) is 6.42 Å². The quantitative estimate of drug-likeness (QED) is 0.724. The van der Waals surface area contributed by atoms with Crippen molar-refractivity contribution in [2.45, 2.75) is 51.0 Å². The largest absolute Gasteiger partial charge is 0.356 e. The normalized spacial score (nSPS) is 21.2. The van der Waals surface area contributed by atoms with E-state index >= 15 is 0 Å². The van der Waals surface area contributed by atoms with E-state index in [2.05, 4.69) is 47.7 Å². The van der Waals surface area contributed by atoms with E-state index < -0.39 is 0 Å². The summed E-state index contributed by atoms with van der Waals surface area (Å²) in [6.07, 6.45) is 9.19. The molecule has 2 aliphatic rings. The minimum Gasteiger partial charge on any atom is -0.356 e. The van der Waals surface area contributed by atoms with E-state index in [4.69, 9.17) is 0 Å². The van der Waals surface area contributed by atoms with Gasteiger partial charge in [-0.1, -0.05) is 6.92 Å². The van der Waals surface area contributed by atoms with Crippen LogP contribution >= 0.6 is 0 Å². The first kappa shape index (κ1) is 14.8. The van der Waals surface area contributed by atoms with Gasteiger partial charge in [-0.25, -0.2) is 4.98 Å². The van der Waals surface area contributed by atoms with Gasteiger partial charge in [-0.15, -0.1) is 10.2 Å². The first-order chi connectivity index (χ1) is 12.3. The first-order valence-electron chi connectivity index (χ1n) is 9.17. The van der Waals surface area contributed by atoms with Crippen LogP contribution < -0.4 is 4.90 Å². The van der Waals surface area contributed by atoms with Crippen LogP contribution in [0, 0.1) is 0 Å². The zero-order valence-electron chi connectivity index (χ0n) is 14.4. The third-order valence-electron chi connectivity index (χ3n) is 5.30. The predicted molar refractivity (Wildman–Crippen MR) is 92.6 cm³/mol. The Hall–Kier alpha value is -2.51. The number of anilines is 1. The number of hydrogen-bond donors (Lipinski definition) is 0. The monoisotopic (exact) mass is 338 g/mol. The van der Waals surface area contributed by atoms with Gasteiger partial charge in [-0.3, -0.25) is 0 Å². The maximum Gasteiger partial charge on any atom is 0.254 e. The highest BCUT2D eigenvalue weighted by Gasteiger charge is 2.32. The highest BCUT2D eigenvalue weighted by atomic mass is 15.4. The Kier molecular flexibility index (Phi) is 3.43. The summed E-state index contributed by atoms with van der Waals surface area (Å²) >= 11 is 0. The van der Waals surface area contributed by atoms with E-state index in [0.717, 1.165) is 49.7 Å². The third-order valence-corrected chi connectivity index (χ3v) is 5.30. The zero-order valence-corrected chi connectivity index (χ0v) is 14.4. The number of aromatic nitrogens is 7. The van der Waals surface area contributed by atoms with Gasteiger partial charge in [-0.05, 0) is 32.1 Å². The fourth-order valence-electron chi connectivity index (χ4n) is 3.82. The lowest BCUT2D eigenvalue weighted by atomic mass is 9.97. The minimum atomic E-state index is 0.411. The highest BCUT2D eigenvalue weighted by Crippen LogP contribution is 2.38. The van der Waals surface area contributed by atoms with Crippen molar-refractivity contribution in [2.75, 3.05) is 18.0 Å². The van der Waals surface area contributed by atoms with Crippen LogP contribution in [0.2, 0.25) is 0 Å². The van der Waals surface area contributed by atoms with Crippen molar-refractivity contribution in [3.8, 4) is 0 Å². The molecule has 1 unspecified atom stereocenters. The second kappa shape index (κ2) is 5.79. The molecule has 130 valence electrons. The van der Waals surface area contributed by atoms with Crippen molar-refractivity contribution >= 4 is 11.6 Å². The average Bonchev–Trinajstić information content (AvgIpc) is 3.19. The average molecular weight is 338 g/mol. The minimum absolute atomic E-state index is 0.411. The van der Waals surface area contributed by atoms with Crippen molar-refractivity contribution in [2.24, 2.45) is 0 Å². The number of hydrogen-bond acceptors (Lipinski definition) is 6. The van der Waals surface area contributed by atoms with Gasteiger partial charge < -0.3 is 9.47 Å². The summed E-state index contributed by atoms with van der Waals surface area (Å²) in [6.45, 7) is 4.08. The van der Waals surface area contributed by atoms with Crippen LogP contribution in [0.3, 0.4) is 0 Å². The molecule has 1 saturated heterocycles. The van der Waals surface area contributed by atoms with E-state index in [1.807, 2.05) is 10.8 Å². The molecule has 1 aliphatic heterocycles. The highest BCUT2D eigenvalue weighted by molar-refractivity contribution is 5.48. The molecule has 2 fully saturated rings. The Morgan fingerprint density at radius 2 is 2.16 bits per heavy atom.